The Bertz CT molecular complexity index is 1800. The molecule has 13 heteroatoms. The number of benzene rings is 2. The number of rotatable bonds is 10. The van der Waals surface area contributed by atoms with Gasteiger partial charge in [0.25, 0.3) is 12.9 Å². The van der Waals surface area contributed by atoms with Crippen LogP contribution < -0.4 is 9.47 Å². The molecular weight excluding hydrogens is 653 g/mol. The van der Waals surface area contributed by atoms with Crippen LogP contribution in [0.1, 0.15) is 33.6 Å². The fraction of sp³-hybridized carbons (Fsp3) is 0.294. The molecule has 0 spiro atoms. The molecule has 47 heavy (non-hydrogen) atoms. The molecule has 0 radical (unpaired) electrons. The van der Waals surface area contributed by atoms with Crippen LogP contribution in [0.3, 0.4) is 0 Å². The predicted molar refractivity (Wildman–Crippen MR) is 179 cm³/mol. The molecule has 6 rings (SSSR count). The van der Waals surface area contributed by atoms with Gasteiger partial charge in [0.15, 0.2) is 0 Å². The van der Waals surface area contributed by atoms with Crippen LogP contribution in [0.25, 0.3) is 0 Å². The SMILES string of the molecule is Cc1c(OCC(F)F)ccnc1CSC1=Nc2ccccc2C1.Cc1c(OCC(F)F)ccnc1C[S@](=O)C1=Nc2ccccc2C1. The Morgan fingerprint density at radius 1 is 0.745 bits per heavy atom. The highest BCUT2D eigenvalue weighted by molar-refractivity contribution is 8.13. The van der Waals surface area contributed by atoms with Gasteiger partial charge in [0, 0.05) is 42.1 Å². The number of para-hydroxylation sites is 2. The van der Waals surface area contributed by atoms with E-state index in [2.05, 4.69) is 26.0 Å². The third kappa shape index (κ3) is 9.25. The zero-order chi connectivity index (χ0) is 33.3. The smallest absolute Gasteiger partial charge is 0.272 e. The first-order valence-corrected chi connectivity index (χ1v) is 17.0. The number of fused-ring (bicyclic) bond motifs is 2. The van der Waals surface area contributed by atoms with Crippen LogP contribution in [0.5, 0.6) is 11.5 Å². The average Bonchev–Trinajstić information content (AvgIpc) is 3.69. The zero-order valence-electron chi connectivity index (χ0n) is 25.7. The highest BCUT2D eigenvalue weighted by Gasteiger charge is 2.21. The van der Waals surface area contributed by atoms with Crippen molar-refractivity contribution < 1.29 is 31.2 Å². The molecule has 4 aromatic rings. The second-order valence-corrected chi connectivity index (χ2v) is 13.1. The van der Waals surface area contributed by atoms with Crippen LogP contribution >= 0.6 is 11.8 Å². The average molecular weight is 685 g/mol. The van der Waals surface area contributed by atoms with Gasteiger partial charge in [-0.15, -0.1) is 11.8 Å². The summed E-state index contributed by atoms with van der Waals surface area (Å²) in [5, 5.41) is 1.66. The van der Waals surface area contributed by atoms with Gasteiger partial charge in [-0.1, -0.05) is 36.4 Å². The van der Waals surface area contributed by atoms with Gasteiger partial charge in [-0.05, 0) is 49.2 Å². The summed E-state index contributed by atoms with van der Waals surface area (Å²) in [6.45, 7) is 2.30. The van der Waals surface area contributed by atoms with E-state index in [1.165, 1.54) is 17.8 Å². The van der Waals surface area contributed by atoms with Crippen molar-refractivity contribution in [2.24, 2.45) is 9.98 Å². The molecule has 7 nitrogen and oxygen atoms in total. The van der Waals surface area contributed by atoms with Crippen molar-refractivity contribution in [2.75, 3.05) is 13.2 Å². The summed E-state index contributed by atoms with van der Waals surface area (Å²) in [6, 6.07) is 18.9. The van der Waals surface area contributed by atoms with E-state index in [1.807, 2.05) is 49.4 Å². The summed E-state index contributed by atoms with van der Waals surface area (Å²) < 4.78 is 71.9. The molecule has 0 saturated carbocycles. The molecule has 0 bridgehead atoms. The first-order chi connectivity index (χ1) is 22.7. The van der Waals surface area contributed by atoms with E-state index in [4.69, 9.17) is 9.47 Å². The topological polar surface area (TPSA) is 86.0 Å². The molecule has 0 fully saturated rings. The molecule has 0 unspecified atom stereocenters. The minimum absolute atomic E-state index is 0.185. The van der Waals surface area contributed by atoms with Crippen molar-refractivity contribution in [1.29, 1.82) is 0 Å². The first-order valence-electron chi connectivity index (χ1n) is 14.7. The lowest BCUT2D eigenvalue weighted by Crippen LogP contribution is -2.13. The molecule has 246 valence electrons. The first kappa shape index (κ1) is 34.2. The van der Waals surface area contributed by atoms with E-state index in [0.29, 0.717) is 40.0 Å². The second kappa shape index (κ2) is 16.1. The van der Waals surface area contributed by atoms with E-state index in [0.717, 1.165) is 39.7 Å². The molecule has 0 N–H and O–H groups in total. The van der Waals surface area contributed by atoms with Crippen LogP contribution in [0, 0.1) is 13.8 Å². The van der Waals surface area contributed by atoms with E-state index in [9.17, 15) is 21.8 Å². The van der Waals surface area contributed by atoms with Gasteiger partial charge in [0.05, 0.1) is 44.4 Å². The van der Waals surface area contributed by atoms with Crippen LogP contribution in [-0.4, -0.2) is 50.3 Å². The maximum absolute atomic E-state index is 12.6. The quantitative estimate of drug-likeness (QED) is 0.157. The molecule has 2 aromatic carbocycles. The molecule has 2 aliphatic rings. The summed E-state index contributed by atoms with van der Waals surface area (Å²) >= 11 is 1.62. The number of hydrogen-bond donors (Lipinski definition) is 0. The summed E-state index contributed by atoms with van der Waals surface area (Å²) in [7, 11) is -1.32. The third-order valence-electron chi connectivity index (χ3n) is 7.31. The van der Waals surface area contributed by atoms with Crippen molar-refractivity contribution in [1.82, 2.24) is 9.97 Å². The second-order valence-electron chi connectivity index (χ2n) is 10.6. The number of pyridine rings is 2. The number of aromatic nitrogens is 2. The lowest BCUT2D eigenvalue weighted by molar-refractivity contribution is 0.0813. The Balaban J connectivity index is 0.000000185. The predicted octanol–water partition coefficient (Wildman–Crippen LogP) is 8.12. The van der Waals surface area contributed by atoms with E-state index >= 15 is 0 Å². The minimum atomic E-state index is -2.54. The summed E-state index contributed by atoms with van der Waals surface area (Å²) in [4.78, 5) is 17.6. The van der Waals surface area contributed by atoms with Gasteiger partial charge in [0.2, 0.25) is 0 Å². The van der Waals surface area contributed by atoms with Crippen LogP contribution in [0.4, 0.5) is 28.9 Å². The van der Waals surface area contributed by atoms with Crippen LogP contribution in [-0.2, 0) is 35.1 Å². The van der Waals surface area contributed by atoms with E-state index in [-0.39, 0.29) is 5.75 Å². The normalized spacial score (nSPS) is 13.8. The molecule has 2 aromatic heterocycles. The Hall–Kier alpha value is -4.10. The maximum atomic E-state index is 12.6. The molecular formula is C34H32F4N4O3S2. The van der Waals surface area contributed by atoms with Gasteiger partial charge >= 0.3 is 0 Å². The molecule has 0 amide bonds. The van der Waals surface area contributed by atoms with Crippen LogP contribution in [0.15, 0.2) is 83.0 Å². The molecule has 4 heterocycles. The van der Waals surface area contributed by atoms with E-state index in [1.54, 1.807) is 30.9 Å². The van der Waals surface area contributed by atoms with Crippen LogP contribution in [0.2, 0.25) is 0 Å². The number of halogens is 4. The number of nitrogens with zero attached hydrogens (tertiary/aromatic N) is 4. The fourth-order valence-electron chi connectivity index (χ4n) is 4.81. The van der Waals surface area contributed by atoms with Crippen molar-refractivity contribution >= 4 is 44.0 Å². The fourth-order valence-corrected chi connectivity index (χ4v) is 7.05. The molecule has 0 saturated heterocycles. The highest BCUT2D eigenvalue weighted by atomic mass is 32.2. The Labute approximate surface area is 277 Å². The highest BCUT2D eigenvalue weighted by Crippen LogP contribution is 2.32. The Morgan fingerprint density at radius 2 is 1.28 bits per heavy atom. The van der Waals surface area contributed by atoms with Crippen molar-refractivity contribution in [2.45, 2.75) is 51.0 Å². The number of hydrogen-bond acceptors (Lipinski definition) is 8. The summed E-state index contributed by atoms with van der Waals surface area (Å²) in [5.74, 6) is 1.64. The molecule has 0 aliphatic carbocycles. The lowest BCUT2D eigenvalue weighted by Gasteiger charge is -2.11. The van der Waals surface area contributed by atoms with Gasteiger partial charge in [-0.2, -0.15) is 0 Å². The molecule has 1 atom stereocenters. The number of alkyl halides is 4. The minimum Gasteiger partial charge on any atom is -0.487 e. The lowest BCUT2D eigenvalue weighted by atomic mass is 10.2. The monoisotopic (exact) mass is 684 g/mol. The maximum Gasteiger partial charge on any atom is 0.272 e. The molecule has 2 aliphatic heterocycles. The summed E-state index contributed by atoms with van der Waals surface area (Å²) in [6.07, 6.45) is -0.557. The Kier molecular flexibility index (Phi) is 11.8. The van der Waals surface area contributed by atoms with Gasteiger partial charge in [-0.25, -0.2) is 27.5 Å². The van der Waals surface area contributed by atoms with Gasteiger partial charge in [0.1, 0.15) is 29.8 Å². The van der Waals surface area contributed by atoms with E-state index < -0.39 is 36.9 Å². The van der Waals surface area contributed by atoms with Crippen molar-refractivity contribution in [3.63, 3.8) is 0 Å². The largest absolute Gasteiger partial charge is 0.487 e. The number of ether oxygens (including phenoxy) is 2. The standard InChI is InChI=1S/C17H16F2N2O2S.C17H16F2N2OS/c1-11-14(20-7-6-15(11)23-9-16(18)19)10-24(22)17-8-12-4-2-3-5-13(12)21-17;1-11-14(20-7-6-15(11)22-9-16(18)19)10-23-17-8-12-4-2-3-5-13(12)21-17/h2-7,16H,8-10H2,1H3;2-7,16H,8-10H2,1H3/t24-;/m0./s1. The zero-order valence-corrected chi connectivity index (χ0v) is 27.3. The summed E-state index contributed by atoms with van der Waals surface area (Å²) in [5.41, 5.74) is 6.99. The van der Waals surface area contributed by atoms with Gasteiger partial charge < -0.3 is 9.47 Å². The van der Waals surface area contributed by atoms with Gasteiger partial charge in [-0.3, -0.25) is 14.2 Å². The number of thioether (sulfide) groups is 1. The Morgan fingerprint density at radius 3 is 1.85 bits per heavy atom. The van der Waals surface area contributed by atoms with Crippen molar-refractivity contribution in [3.8, 4) is 11.5 Å². The van der Waals surface area contributed by atoms with Crippen molar-refractivity contribution in [3.05, 3.63) is 107 Å². The third-order valence-corrected chi connectivity index (χ3v) is 9.59. The number of aliphatic imine (C=N–C) groups is 2.